The van der Waals surface area contributed by atoms with Gasteiger partial charge in [-0.1, -0.05) is 12.1 Å². The second-order valence-corrected chi connectivity index (χ2v) is 4.12. The largest absolute Gasteiger partial charge is 0.459 e. The third kappa shape index (κ3) is 2.90. The van der Waals surface area contributed by atoms with E-state index in [0.29, 0.717) is 25.7 Å². The van der Waals surface area contributed by atoms with Crippen molar-refractivity contribution in [3.63, 3.8) is 0 Å². The lowest BCUT2D eigenvalue weighted by Gasteiger charge is -2.21. The van der Waals surface area contributed by atoms with E-state index >= 15 is 0 Å². The van der Waals surface area contributed by atoms with E-state index in [-0.39, 0.29) is 17.5 Å². The first-order valence-corrected chi connectivity index (χ1v) is 5.64. The van der Waals surface area contributed by atoms with E-state index in [1.807, 2.05) is 0 Å². The zero-order valence-corrected chi connectivity index (χ0v) is 9.32. The molecule has 4 heteroatoms. The molecule has 17 heavy (non-hydrogen) atoms. The number of esters is 1. The predicted octanol–water partition coefficient (Wildman–Crippen LogP) is 2.49. The molecule has 1 aromatic rings. The number of benzene rings is 1. The Balaban J connectivity index is 1.98. The zero-order chi connectivity index (χ0) is 12.3. The first-order chi connectivity index (χ1) is 8.16. The highest BCUT2D eigenvalue weighted by atomic mass is 19.1. The van der Waals surface area contributed by atoms with Crippen molar-refractivity contribution in [2.24, 2.45) is 0 Å². The Labute approximate surface area is 98.6 Å². The van der Waals surface area contributed by atoms with Crippen LogP contribution in [0.15, 0.2) is 24.3 Å². The summed E-state index contributed by atoms with van der Waals surface area (Å²) in [5.74, 6) is -1.03. The number of ketones is 1. The lowest BCUT2D eigenvalue weighted by Crippen LogP contribution is -2.24. The predicted molar refractivity (Wildman–Crippen MR) is 59.1 cm³/mol. The number of Topliss-reactive ketones (excluding diaryl/α,β-unsaturated/α-hetero) is 1. The molecule has 0 N–H and O–H groups in total. The van der Waals surface area contributed by atoms with Gasteiger partial charge in [0.25, 0.3) is 0 Å². The maximum Gasteiger partial charge on any atom is 0.341 e. The van der Waals surface area contributed by atoms with Gasteiger partial charge >= 0.3 is 5.97 Å². The molecule has 0 aromatic heterocycles. The summed E-state index contributed by atoms with van der Waals surface area (Å²) in [6.45, 7) is 0. The third-order valence-electron chi connectivity index (χ3n) is 2.86. The van der Waals surface area contributed by atoms with E-state index in [2.05, 4.69) is 0 Å². The van der Waals surface area contributed by atoms with Gasteiger partial charge in [0.2, 0.25) is 0 Å². The van der Waals surface area contributed by atoms with Gasteiger partial charge in [0.1, 0.15) is 17.7 Å². The lowest BCUT2D eigenvalue weighted by molar-refractivity contribution is -0.122. The maximum atomic E-state index is 13.3. The van der Waals surface area contributed by atoms with Crippen LogP contribution >= 0.6 is 0 Å². The van der Waals surface area contributed by atoms with E-state index in [0.717, 1.165) is 0 Å². The highest BCUT2D eigenvalue weighted by Crippen LogP contribution is 2.20. The Morgan fingerprint density at radius 3 is 2.53 bits per heavy atom. The van der Waals surface area contributed by atoms with Crippen molar-refractivity contribution in [3.05, 3.63) is 35.6 Å². The number of hydrogen-bond acceptors (Lipinski definition) is 3. The fourth-order valence-corrected chi connectivity index (χ4v) is 1.87. The maximum absolute atomic E-state index is 13.3. The molecule has 0 heterocycles. The molecule has 1 fully saturated rings. The average Bonchev–Trinajstić information content (AvgIpc) is 2.32. The molecule has 0 unspecified atom stereocenters. The summed E-state index contributed by atoms with van der Waals surface area (Å²) in [6.07, 6.45) is 1.70. The zero-order valence-electron chi connectivity index (χ0n) is 9.32. The molecule has 0 spiro atoms. The first-order valence-electron chi connectivity index (χ1n) is 5.64. The molecule has 0 amide bonds. The monoisotopic (exact) mass is 236 g/mol. The van der Waals surface area contributed by atoms with Gasteiger partial charge in [0.05, 0.1) is 5.56 Å². The van der Waals surface area contributed by atoms with Crippen LogP contribution in [0.1, 0.15) is 36.0 Å². The molecule has 0 radical (unpaired) electrons. The van der Waals surface area contributed by atoms with Gasteiger partial charge in [-0.15, -0.1) is 0 Å². The van der Waals surface area contributed by atoms with E-state index in [4.69, 9.17) is 4.74 Å². The Morgan fingerprint density at radius 2 is 1.88 bits per heavy atom. The third-order valence-corrected chi connectivity index (χ3v) is 2.86. The van der Waals surface area contributed by atoms with Crippen LogP contribution in [0, 0.1) is 5.82 Å². The minimum atomic E-state index is -0.651. The van der Waals surface area contributed by atoms with Crippen molar-refractivity contribution in [3.8, 4) is 0 Å². The van der Waals surface area contributed by atoms with Crippen molar-refractivity contribution >= 4 is 11.8 Å². The van der Waals surface area contributed by atoms with Gasteiger partial charge in [-0.2, -0.15) is 0 Å². The summed E-state index contributed by atoms with van der Waals surface area (Å²) < 4.78 is 18.5. The van der Waals surface area contributed by atoms with Gasteiger partial charge in [-0.05, 0) is 25.0 Å². The standard InChI is InChI=1S/C13H13FO3/c14-12-4-2-1-3-11(12)13(16)17-10-7-5-9(15)6-8-10/h1-4,10H,5-8H2. The van der Waals surface area contributed by atoms with Crippen LogP contribution < -0.4 is 0 Å². The quantitative estimate of drug-likeness (QED) is 0.741. The number of halogens is 1. The van der Waals surface area contributed by atoms with Crippen LogP contribution in [0.2, 0.25) is 0 Å². The number of rotatable bonds is 2. The second kappa shape index (κ2) is 5.08. The molecular formula is C13H13FO3. The molecule has 2 rings (SSSR count). The van der Waals surface area contributed by atoms with Gasteiger partial charge in [0.15, 0.2) is 0 Å². The first kappa shape index (κ1) is 11.8. The van der Waals surface area contributed by atoms with Crippen LogP contribution in [0.3, 0.4) is 0 Å². The number of carbonyl (C=O) groups excluding carboxylic acids is 2. The van der Waals surface area contributed by atoms with Crippen LogP contribution in [0.5, 0.6) is 0 Å². The fourth-order valence-electron chi connectivity index (χ4n) is 1.87. The Hall–Kier alpha value is -1.71. The van der Waals surface area contributed by atoms with Gasteiger partial charge in [-0.25, -0.2) is 9.18 Å². The van der Waals surface area contributed by atoms with Crippen LogP contribution in [-0.2, 0) is 9.53 Å². The van der Waals surface area contributed by atoms with Crippen molar-refractivity contribution in [1.29, 1.82) is 0 Å². The summed E-state index contributed by atoms with van der Waals surface area (Å²) in [5.41, 5.74) is -0.0515. The van der Waals surface area contributed by atoms with E-state index in [1.165, 1.54) is 18.2 Å². The van der Waals surface area contributed by atoms with Crippen LogP contribution in [0.4, 0.5) is 4.39 Å². The molecule has 3 nitrogen and oxygen atoms in total. The highest BCUT2D eigenvalue weighted by molar-refractivity contribution is 5.90. The molecule has 1 aromatic carbocycles. The molecule has 1 saturated carbocycles. The molecule has 90 valence electrons. The molecule has 0 atom stereocenters. The summed E-state index contributed by atoms with van der Waals surface area (Å²) in [6, 6.07) is 5.72. The normalized spacial score (nSPS) is 16.9. The molecule has 0 aliphatic heterocycles. The smallest absolute Gasteiger partial charge is 0.341 e. The summed E-state index contributed by atoms with van der Waals surface area (Å²) in [5, 5.41) is 0. The van der Waals surface area contributed by atoms with Crippen molar-refractivity contribution in [2.45, 2.75) is 31.8 Å². The van der Waals surface area contributed by atoms with E-state index < -0.39 is 11.8 Å². The molecular weight excluding hydrogens is 223 g/mol. The molecule has 1 aliphatic rings. The van der Waals surface area contributed by atoms with Crippen molar-refractivity contribution in [2.75, 3.05) is 0 Å². The Kier molecular flexibility index (Phi) is 3.52. The van der Waals surface area contributed by atoms with E-state index in [9.17, 15) is 14.0 Å². The SMILES string of the molecule is O=C1CCC(OC(=O)c2ccccc2F)CC1. The number of ether oxygens (including phenoxy) is 1. The van der Waals surface area contributed by atoms with Crippen LogP contribution in [-0.4, -0.2) is 17.9 Å². The number of hydrogen-bond donors (Lipinski definition) is 0. The molecule has 0 bridgehead atoms. The Morgan fingerprint density at radius 1 is 1.24 bits per heavy atom. The molecule has 0 saturated heterocycles. The van der Waals surface area contributed by atoms with Gasteiger partial charge < -0.3 is 4.74 Å². The summed E-state index contributed by atoms with van der Waals surface area (Å²) in [7, 11) is 0. The van der Waals surface area contributed by atoms with E-state index in [1.54, 1.807) is 6.07 Å². The second-order valence-electron chi connectivity index (χ2n) is 4.12. The Bertz CT molecular complexity index is 432. The topological polar surface area (TPSA) is 43.4 Å². The molecule has 1 aliphatic carbocycles. The summed E-state index contributed by atoms with van der Waals surface area (Å²) in [4.78, 5) is 22.7. The average molecular weight is 236 g/mol. The summed E-state index contributed by atoms with van der Waals surface area (Å²) >= 11 is 0. The lowest BCUT2D eigenvalue weighted by atomic mass is 9.96. The van der Waals surface area contributed by atoms with Gasteiger partial charge in [-0.3, -0.25) is 4.79 Å². The fraction of sp³-hybridized carbons (Fsp3) is 0.385. The number of carbonyl (C=O) groups is 2. The van der Waals surface area contributed by atoms with Crippen LogP contribution in [0.25, 0.3) is 0 Å². The van der Waals surface area contributed by atoms with Gasteiger partial charge in [0, 0.05) is 12.8 Å². The van der Waals surface area contributed by atoms with Crippen molar-refractivity contribution in [1.82, 2.24) is 0 Å². The highest BCUT2D eigenvalue weighted by Gasteiger charge is 2.23. The minimum Gasteiger partial charge on any atom is -0.459 e. The van der Waals surface area contributed by atoms with Crippen molar-refractivity contribution < 1.29 is 18.7 Å². The minimum absolute atomic E-state index is 0.0515.